The second kappa shape index (κ2) is 6.19. The van der Waals surface area contributed by atoms with Gasteiger partial charge in [-0.25, -0.2) is 9.97 Å². The zero-order chi connectivity index (χ0) is 13.7. The van der Waals surface area contributed by atoms with Gasteiger partial charge >= 0.3 is 0 Å². The Balaban J connectivity index is 2.19. The molecule has 2 heterocycles. The normalized spacial score (nSPS) is 10.5. The molecule has 0 aliphatic heterocycles. The second-order valence-corrected chi connectivity index (χ2v) is 4.20. The number of ether oxygens (including phenoxy) is 1. The third-order valence-corrected chi connectivity index (χ3v) is 2.68. The predicted octanol–water partition coefficient (Wildman–Crippen LogP) is 1.89. The first-order chi connectivity index (χ1) is 9.22. The fraction of sp³-hybridized carbons (Fsp3) is 0.385. The average Bonchev–Trinajstić information content (AvgIpc) is 2.91. The first kappa shape index (κ1) is 13.4. The third-order valence-electron chi connectivity index (χ3n) is 2.68. The third kappa shape index (κ3) is 3.45. The summed E-state index contributed by atoms with van der Waals surface area (Å²) in [6.45, 7) is 1.12. The summed E-state index contributed by atoms with van der Waals surface area (Å²) in [5, 5.41) is 3.03. The Bertz CT molecular complexity index is 513. The molecule has 6 heteroatoms. The molecule has 0 saturated carbocycles. The minimum Gasteiger partial charge on any atom is -0.472 e. The van der Waals surface area contributed by atoms with E-state index in [1.54, 1.807) is 19.6 Å². The molecule has 0 saturated heterocycles. The lowest BCUT2D eigenvalue weighted by molar-refractivity contribution is 0.178. The molecular weight excluding hydrogens is 244 g/mol. The highest BCUT2D eigenvalue weighted by Crippen LogP contribution is 2.17. The van der Waals surface area contributed by atoms with E-state index < -0.39 is 0 Å². The Labute approximate surface area is 112 Å². The Kier molecular flexibility index (Phi) is 4.35. The highest BCUT2D eigenvalue weighted by Gasteiger charge is 2.09. The maximum Gasteiger partial charge on any atom is 0.158 e. The van der Waals surface area contributed by atoms with E-state index in [1.165, 1.54) is 0 Å². The number of hydrogen-bond acceptors (Lipinski definition) is 6. The number of anilines is 2. The van der Waals surface area contributed by atoms with Gasteiger partial charge in [0.05, 0.1) is 12.5 Å². The van der Waals surface area contributed by atoms with Crippen molar-refractivity contribution in [3.8, 4) is 0 Å². The summed E-state index contributed by atoms with van der Waals surface area (Å²) in [4.78, 5) is 10.8. The van der Waals surface area contributed by atoms with E-state index >= 15 is 0 Å². The molecule has 0 atom stereocenters. The maximum absolute atomic E-state index is 5.08. The van der Waals surface area contributed by atoms with Crippen LogP contribution in [0.4, 0.5) is 11.6 Å². The van der Waals surface area contributed by atoms with Gasteiger partial charge in [0.2, 0.25) is 0 Å². The van der Waals surface area contributed by atoms with Crippen molar-refractivity contribution in [1.29, 1.82) is 0 Å². The van der Waals surface area contributed by atoms with Gasteiger partial charge in [0.1, 0.15) is 18.2 Å². The van der Waals surface area contributed by atoms with E-state index in [0.29, 0.717) is 12.4 Å². The monoisotopic (exact) mass is 262 g/mol. The summed E-state index contributed by atoms with van der Waals surface area (Å²) in [6.07, 6.45) is 3.39. The molecule has 2 aromatic rings. The Morgan fingerprint density at radius 2 is 2.26 bits per heavy atom. The van der Waals surface area contributed by atoms with Gasteiger partial charge in [-0.3, -0.25) is 0 Å². The summed E-state index contributed by atoms with van der Waals surface area (Å²) < 4.78 is 10.1. The van der Waals surface area contributed by atoms with E-state index in [9.17, 15) is 0 Å². The quantitative estimate of drug-likeness (QED) is 0.857. The number of hydrogen-bond donors (Lipinski definition) is 1. The molecule has 0 radical (unpaired) electrons. The average molecular weight is 262 g/mol. The largest absolute Gasteiger partial charge is 0.472 e. The molecule has 0 aliphatic rings. The molecule has 0 amide bonds. The fourth-order valence-corrected chi connectivity index (χ4v) is 1.74. The molecule has 6 nitrogen and oxygen atoms in total. The highest BCUT2D eigenvalue weighted by atomic mass is 16.5. The fourth-order valence-electron chi connectivity index (χ4n) is 1.74. The molecule has 102 valence electrons. The summed E-state index contributed by atoms with van der Waals surface area (Å²) in [5.41, 5.74) is 1.10. The number of nitrogens with one attached hydrogen (secondary N) is 1. The van der Waals surface area contributed by atoms with Crippen LogP contribution in [0.2, 0.25) is 0 Å². The van der Waals surface area contributed by atoms with E-state index in [0.717, 1.165) is 23.7 Å². The molecule has 2 aromatic heterocycles. The molecule has 0 aliphatic carbocycles. The van der Waals surface area contributed by atoms with Crippen LogP contribution in [0, 0.1) is 0 Å². The Morgan fingerprint density at radius 1 is 1.42 bits per heavy atom. The molecular formula is C13H18N4O2. The summed E-state index contributed by atoms with van der Waals surface area (Å²) in [5.74, 6) is 2.27. The van der Waals surface area contributed by atoms with Crippen LogP contribution >= 0.6 is 0 Å². The highest BCUT2D eigenvalue weighted by molar-refractivity contribution is 5.48. The van der Waals surface area contributed by atoms with Crippen LogP contribution < -0.4 is 10.2 Å². The molecule has 0 bridgehead atoms. The zero-order valence-electron chi connectivity index (χ0n) is 11.4. The van der Waals surface area contributed by atoms with Crippen molar-refractivity contribution in [1.82, 2.24) is 9.97 Å². The second-order valence-electron chi connectivity index (χ2n) is 4.20. The van der Waals surface area contributed by atoms with Crippen molar-refractivity contribution in [2.45, 2.75) is 13.2 Å². The van der Waals surface area contributed by atoms with Crippen molar-refractivity contribution in [3.63, 3.8) is 0 Å². The standard InChI is InChI=1S/C13H18N4O2/c1-14-11-6-13(16-12(15-11)9-18-3)17(2)7-10-4-5-19-8-10/h4-6,8H,7,9H2,1-3H3,(H,14,15,16). The van der Waals surface area contributed by atoms with Crippen LogP contribution in [0.15, 0.2) is 29.1 Å². The van der Waals surface area contributed by atoms with Gasteiger partial charge in [-0.15, -0.1) is 0 Å². The first-order valence-electron chi connectivity index (χ1n) is 5.99. The summed E-state index contributed by atoms with van der Waals surface area (Å²) in [6, 6.07) is 3.84. The maximum atomic E-state index is 5.08. The summed E-state index contributed by atoms with van der Waals surface area (Å²) in [7, 11) is 5.44. The van der Waals surface area contributed by atoms with Crippen LogP contribution in [0.5, 0.6) is 0 Å². The number of furan rings is 1. The minimum absolute atomic E-state index is 0.391. The van der Waals surface area contributed by atoms with Gasteiger partial charge in [-0.05, 0) is 6.07 Å². The van der Waals surface area contributed by atoms with Crippen LogP contribution in [0.25, 0.3) is 0 Å². The Morgan fingerprint density at radius 3 is 2.89 bits per heavy atom. The van der Waals surface area contributed by atoms with Gasteiger partial charge in [0, 0.05) is 39.4 Å². The lowest BCUT2D eigenvalue weighted by atomic mass is 10.3. The van der Waals surface area contributed by atoms with Crippen molar-refractivity contribution >= 4 is 11.6 Å². The smallest absolute Gasteiger partial charge is 0.158 e. The molecule has 0 unspecified atom stereocenters. The molecule has 1 N–H and O–H groups in total. The molecule has 0 aromatic carbocycles. The van der Waals surface area contributed by atoms with Gasteiger partial charge < -0.3 is 19.4 Å². The van der Waals surface area contributed by atoms with Crippen LogP contribution in [-0.4, -0.2) is 31.2 Å². The lowest BCUT2D eigenvalue weighted by Gasteiger charge is -2.18. The molecule has 19 heavy (non-hydrogen) atoms. The minimum atomic E-state index is 0.391. The summed E-state index contributed by atoms with van der Waals surface area (Å²) >= 11 is 0. The van der Waals surface area contributed by atoms with Gasteiger partial charge in [-0.1, -0.05) is 0 Å². The number of methoxy groups -OCH3 is 1. The number of nitrogens with zero attached hydrogens (tertiary/aromatic N) is 3. The zero-order valence-corrected chi connectivity index (χ0v) is 11.4. The van der Waals surface area contributed by atoms with Crippen molar-refractivity contribution < 1.29 is 9.15 Å². The SMILES string of the molecule is CNc1cc(N(C)Cc2ccoc2)nc(COC)n1. The topological polar surface area (TPSA) is 63.4 Å². The van der Waals surface area contributed by atoms with E-state index in [2.05, 4.69) is 15.3 Å². The van der Waals surface area contributed by atoms with Gasteiger partial charge in [-0.2, -0.15) is 0 Å². The number of rotatable bonds is 6. The van der Waals surface area contributed by atoms with Gasteiger partial charge in [0.15, 0.2) is 5.82 Å². The van der Waals surface area contributed by atoms with E-state index in [-0.39, 0.29) is 0 Å². The van der Waals surface area contributed by atoms with Gasteiger partial charge in [0.25, 0.3) is 0 Å². The van der Waals surface area contributed by atoms with Crippen molar-refractivity contribution in [2.24, 2.45) is 0 Å². The number of aromatic nitrogens is 2. The van der Waals surface area contributed by atoms with Crippen LogP contribution in [0.1, 0.15) is 11.4 Å². The van der Waals surface area contributed by atoms with Crippen molar-refractivity contribution in [3.05, 3.63) is 36.0 Å². The van der Waals surface area contributed by atoms with E-state index in [1.807, 2.05) is 31.1 Å². The molecule has 2 rings (SSSR count). The lowest BCUT2D eigenvalue weighted by Crippen LogP contribution is -2.19. The molecule has 0 fully saturated rings. The van der Waals surface area contributed by atoms with Crippen LogP contribution in [0.3, 0.4) is 0 Å². The molecule has 0 spiro atoms. The van der Waals surface area contributed by atoms with Crippen LogP contribution in [-0.2, 0) is 17.9 Å². The first-order valence-corrected chi connectivity index (χ1v) is 5.99. The van der Waals surface area contributed by atoms with E-state index in [4.69, 9.17) is 9.15 Å². The van der Waals surface area contributed by atoms with Crippen molar-refractivity contribution in [2.75, 3.05) is 31.4 Å². The predicted molar refractivity (Wildman–Crippen MR) is 73.1 cm³/mol. The Hall–Kier alpha value is -2.08.